The molecule has 0 bridgehead atoms. The Morgan fingerprint density at radius 1 is 0.868 bits per heavy atom. The topological polar surface area (TPSA) is 89.4 Å². The number of nitrogens with zero attached hydrogens (tertiary/aromatic N) is 5. The Morgan fingerprint density at radius 3 is 2.26 bits per heavy atom. The zero-order valence-electron chi connectivity index (χ0n) is 22.7. The maximum atomic E-state index is 9.95. The first-order chi connectivity index (χ1) is 18.6. The van der Waals surface area contributed by atoms with E-state index >= 15 is 0 Å². The molecule has 8 heteroatoms. The summed E-state index contributed by atoms with van der Waals surface area (Å²) in [5, 5.41) is 17.0. The summed E-state index contributed by atoms with van der Waals surface area (Å²) in [5.74, 6) is 1.39. The van der Waals surface area contributed by atoms with E-state index in [2.05, 4.69) is 75.7 Å². The summed E-state index contributed by atoms with van der Waals surface area (Å²) in [6.45, 7) is 11.5. The maximum absolute atomic E-state index is 9.95. The molecule has 2 fully saturated rings. The highest BCUT2D eigenvalue weighted by Crippen LogP contribution is 2.29. The number of aromatic nitrogens is 3. The van der Waals surface area contributed by atoms with Crippen LogP contribution in [0.15, 0.2) is 48.8 Å². The van der Waals surface area contributed by atoms with Crippen molar-refractivity contribution in [1.29, 1.82) is 0 Å². The van der Waals surface area contributed by atoms with Gasteiger partial charge in [-0.05, 0) is 56.3 Å². The molecule has 38 heavy (non-hydrogen) atoms. The molecule has 1 aromatic carbocycles. The second kappa shape index (κ2) is 12.7. The van der Waals surface area contributed by atoms with E-state index in [9.17, 15) is 5.11 Å². The van der Waals surface area contributed by atoms with Gasteiger partial charge in [0.1, 0.15) is 5.82 Å². The standard InChI is InChI=1S/C30H41N7O/c1-3-36-14-16-37(17-15-36)21-24-8-13-28(31-19-24)27-20-33-30(32-18-23-6-4-22(2)5-7-23)35-29(27)34-25-9-11-26(38)12-10-25/h4-8,13,19-20,25-26,38H,3,9-12,14-18,21H2,1-2H3,(H2,32,33,34,35)/t25-,26-. The second-order valence-electron chi connectivity index (χ2n) is 10.7. The van der Waals surface area contributed by atoms with Crippen LogP contribution in [0.5, 0.6) is 0 Å². The number of hydrogen-bond acceptors (Lipinski definition) is 8. The summed E-state index contributed by atoms with van der Waals surface area (Å²) in [6, 6.07) is 13.0. The van der Waals surface area contributed by atoms with Crippen LogP contribution in [0.25, 0.3) is 11.3 Å². The molecule has 1 saturated carbocycles. The van der Waals surface area contributed by atoms with Crippen LogP contribution in [0.2, 0.25) is 0 Å². The van der Waals surface area contributed by atoms with Gasteiger partial charge in [-0.25, -0.2) is 4.98 Å². The number of likely N-dealkylation sites (N-methyl/N-ethyl adjacent to an activating group) is 1. The highest BCUT2D eigenvalue weighted by molar-refractivity contribution is 5.73. The van der Waals surface area contributed by atoms with Crippen molar-refractivity contribution in [3.63, 3.8) is 0 Å². The fraction of sp³-hybridized carbons (Fsp3) is 0.500. The molecular weight excluding hydrogens is 474 g/mol. The van der Waals surface area contributed by atoms with Gasteiger partial charge in [0, 0.05) is 57.7 Å². The second-order valence-corrected chi connectivity index (χ2v) is 10.7. The van der Waals surface area contributed by atoms with Crippen molar-refractivity contribution in [2.24, 2.45) is 0 Å². The van der Waals surface area contributed by atoms with Crippen molar-refractivity contribution >= 4 is 11.8 Å². The Bertz CT molecular complexity index is 1150. The molecule has 3 heterocycles. The lowest BCUT2D eigenvalue weighted by molar-refractivity contribution is 0.126. The summed E-state index contributed by atoms with van der Waals surface area (Å²) in [4.78, 5) is 19.3. The largest absolute Gasteiger partial charge is 0.393 e. The normalized spacial score (nSPS) is 20.8. The van der Waals surface area contributed by atoms with Gasteiger partial charge < -0.3 is 20.6 Å². The third-order valence-electron chi connectivity index (χ3n) is 7.82. The molecule has 1 saturated heterocycles. The molecule has 8 nitrogen and oxygen atoms in total. The Labute approximate surface area is 226 Å². The van der Waals surface area contributed by atoms with Crippen molar-refractivity contribution in [3.8, 4) is 11.3 Å². The van der Waals surface area contributed by atoms with E-state index in [-0.39, 0.29) is 12.1 Å². The Hall–Kier alpha value is -3.07. The number of rotatable bonds is 9. The Kier molecular flexibility index (Phi) is 8.83. The molecule has 2 aliphatic rings. The van der Waals surface area contributed by atoms with Gasteiger partial charge in [0.15, 0.2) is 0 Å². The van der Waals surface area contributed by atoms with Crippen molar-refractivity contribution in [1.82, 2.24) is 24.8 Å². The number of piperazine rings is 1. The molecule has 202 valence electrons. The molecule has 0 spiro atoms. The van der Waals surface area contributed by atoms with E-state index in [4.69, 9.17) is 9.97 Å². The van der Waals surface area contributed by atoms with E-state index in [1.54, 1.807) is 0 Å². The average Bonchev–Trinajstić information content (AvgIpc) is 2.95. The summed E-state index contributed by atoms with van der Waals surface area (Å²) >= 11 is 0. The van der Waals surface area contributed by atoms with Crippen molar-refractivity contribution in [2.45, 2.75) is 64.8 Å². The monoisotopic (exact) mass is 515 g/mol. The van der Waals surface area contributed by atoms with Gasteiger partial charge in [-0.2, -0.15) is 4.98 Å². The number of hydrogen-bond donors (Lipinski definition) is 3. The Morgan fingerprint density at radius 2 is 1.58 bits per heavy atom. The number of nitrogens with one attached hydrogen (secondary N) is 2. The minimum absolute atomic E-state index is 0.191. The fourth-order valence-corrected chi connectivity index (χ4v) is 5.26. The van der Waals surface area contributed by atoms with Crippen LogP contribution >= 0.6 is 0 Å². The van der Waals surface area contributed by atoms with E-state index in [0.29, 0.717) is 12.5 Å². The van der Waals surface area contributed by atoms with E-state index < -0.39 is 0 Å². The van der Waals surface area contributed by atoms with Gasteiger partial charge >= 0.3 is 0 Å². The number of pyridine rings is 1. The molecule has 3 aromatic rings. The van der Waals surface area contributed by atoms with E-state index in [1.165, 1.54) is 16.7 Å². The smallest absolute Gasteiger partial charge is 0.224 e. The van der Waals surface area contributed by atoms with Gasteiger partial charge in [-0.1, -0.05) is 42.8 Å². The van der Waals surface area contributed by atoms with Crippen molar-refractivity contribution in [2.75, 3.05) is 43.4 Å². The molecule has 0 radical (unpaired) electrons. The molecule has 1 aliphatic carbocycles. The highest BCUT2D eigenvalue weighted by Gasteiger charge is 2.22. The van der Waals surface area contributed by atoms with Crippen LogP contribution in [0.3, 0.4) is 0 Å². The summed E-state index contributed by atoms with van der Waals surface area (Å²) < 4.78 is 0. The van der Waals surface area contributed by atoms with Crippen molar-refractivity contribution in [3.05, 3.63) is 65.5 Å². The SMILES string of the molecule is CCN1CCN(Cc2ccc(-c3cnc(NCc4ccc(C)cc4)nc3N[C@H]3CC[C@H](O)CC3)nc2)CC1. The number of aliphatic hydroxyl groups excluding tert-OH is 1. The maximum Gasteiger partial charge on any atom is 0.224 e. The predicted molar refractivity (Wildman–Crippen MR) is 153 cm³/mol. The van der Waals surface area contributed by atoms with Crippen LogP contribution in [0.4, 0.5) is 11.8 Å². The number of anilines is 2. The first-order valence-electron chi connectivity index (χ1n) is 14.1. The molecule has 0 atom stereocenters. The molecule has 0 amide bonds. The highest BCUT2D eigenvalue weighted by atomic mass is 16.3. The molecule has 3 N–H and O–H groups in total. The first kappa shape index (κ1) is 26.5. The van der Waals surface area contributed by atoms with Gasteiger partial charge in [-0.3, -0.25) is 9.88 Å². The van der Waals surface area contributed by atoms with Crippen LogP contribution in [0.1, 0.15) is 49.3 Å². The molecule has 2 aromatic heterocycles. The van der Waals surface area contributed by atoms with Crippen LogP contribution < -0.4 is 10.6 Å². The molecular formula is C30H41N7O. The minimum Gasteiger partial charge on any atom is -0.393 e. The van der Waals surface area contributed by atoms with Gasteiger partial charge in [0.25, 0.3) is 0 Å². The summed E-state index contributed by atoms with van der Waals surface area (Å²) in [6.07, 6.45) is 7.15. The zero-order chi connectivity index (χ0) is 26.3. The number of aryl methyl sites for hydroxylation is 1. The van der Waals surface area contributed by atoms with Gasteiger partial charge in [-0.15, -0.1) is 0 Å². The number of benzene rings is 1. The van der Waals surface area contributed by atoms with E-state index in [1.807, 2.05) is 12.4 Å². The first-order valence-corrected chi connectivity index (χ1v) is 14.1. The zero-order valence-corrected chi connectivity index (χ0v) is 22.7. The minimum atomic E-state index is -0.191. The predicted octanol–water partition coefficient (Wildman–Crippen LogP) is 4.31. The average molecular weight is 516 g/mol. The Balaban J connectivity index is 1.30. The summed E-state index contributed by atoms with van der Waals surface area (Å²) in [7, 11) is 0. The van der Waals surface area contributed by atoms with Gasteiger partial charge in [0.2, 0.25) is 5.95 Å². The van der Waals surface area contributed by atoms with Crippen LogP contribution in [-0.2, 0) is 13.1 Å². The molecule has 0 unspecified atom stereocenters. The quantitative estimate of drug-likeness (QED) is 0.389. The summed E-state index contributed by atoms with van der Waals surface area (Å²) in [5.41, 5.74) is 5.43. The lowest BCUT2D eigenvalue weighted by Gasteiger charge is -2.33. The van der Waals surface area contributed by atoms with E-state index in [0.717, 1.165) is 82.0 Å². The lowest BCUT2D eigenvalue weighted by Crippen LogP contribution is -2.45. The molecule has 5 rings (SSSR count). The number of aliphatic hydroxyl groups is 1. The van der Waals surface area contributed by atoms with Crippen LogP contribution in [-0.4, -0.2) is 74.7 Å². The van der Waals surface area contributed by atoms with Gasteiger partial charge in [0.05, 0.1) is 17.4 Å². The van der Waals surface area contributed by atoms with Crippen LogP contribution in [0, 0.1) is 6.92 Å². The third kappa shape index (κ3) is 7.07. The van der Waals surface area contributed by atoms with Crippen molar-refractivity contribution < 1.29 is 5.11 Å². The molecule has 1 aliphatic heterocycles. The lowest BCUT2D eigenvalue weighted by atomic mass is 9.93. The fourth-order valence-electron chi connectivity index (χ4n) is 5.26. The third-order valence-corrected chi connectivity index (χ3v) is 7.82.